The number of hydrogen-bond acceptors (Lipinski definition) is 5. The van der Waals surface area contributed by atoms with E-state index in [1.807, 2.05) is 13.0 Å². The minimum atomic E-state index is -0.0589. The molecule has 1 atom stereocenters. The Morgan fingerprint density at radius 3 is 2.64 bits per heavy atom. The average molecular weight is 319 g/mol. The van der Waals surface area contributed by atoms with Gasteiger partial charge in [-0.1, -0.05) is 30.0 Å². The first-order valence-corrected chi connectivity index (χ1v) is 8.03. The molecule has 0 aliphatic rings. The Kier molecular flexibility index (Phi) is 5.07. The molecule has 0 aliphatic carbocycles. The number of nitrogens with two attached hydrogens (primary N) is 1. The fourth-order valence-corrected chi connectivity index (χ4v) is 2.69. The van der Waals surface area contributed by atoms with Crippen LogP contribution in [0.5, 0.6) is 0 Å². The van der Waals surface area contributed by atoms with Gasteiger partial charge in [-0.05, 0) is 44.4 Å². The molecule has 0 unspecified atom stereocenters. The van der Waals surface area contributed by atoms with Crippen molar-refractivity contribution in [3.05, 3.63) is 40.7 Å². The van der Waals surface area contributed by atoms with Gasteiger partial charge in [-0.25, -0.2) is 4.68 Å². The number of aryl methyl sites for hydroxylation is 3. The summed E-state index contributed by atoms with van der Waals surface area (Å²) in [6.07, 6.45) is 0. The molecule has 118 valence electrons. The minimum absolute atomic E-state index is 0.0371. The molecule has 0 saturated carbocycles. The normalized spacial score (nSPS) is 12.2. The van der Waals surface area contributed by atoms with Gasteiger partial charge in [-0.3, -0.25) is 4.79 Å². The fourth-order valence-electron chi connectivity index (χ4n) is 1.98. The third kappa shape index (κ3) is 3.79. The molecule has 0 aliphatic heterocycles. The zero-order valence-corrected chi connectivity index (χ0v) is 14.1. The number of nitrogens with one attached hydrogen (secondary N) is 1. The maximum absolute atomic E-state index is 12.0. The fraction of sp³-hybridized carbons (Fsp3) is 0.400. The van der Waals surface area contributed by atoms with Crippen LogP contribution in [0.1, 0.15) is 35.5 Å². The molecule has 1 aromatic carbocycles. The van der Waals surface area contributed by atoms with Crippen molar-refractivity contribution in [1.29, 1.82) is 0 Å². The molecular formula is C15H21N5OS. The summed E-state index contributed by atoms with van der Waals surface area (Å²) in [5, 5.41) is 11.3. The second kappa shape index (κ2) is 6.83. The van der Waals surface area contributed by atoms with Gasteiger partial charge < -0.3 is 11.2 Å². The molecule has 22 heavy (non-hydrogen) atoms. The summed E-state index contributed by atoms with van der Waals surface area (Å²) in [6.45, 7) is 7.88. The molecule has 1 amide bonds. The van der Waals surface area contributed by atoms with Crippen LogP contribution in [0.15, 0.2) is 23.4 Å². The van der Waals surface area contributed by atoms with E-state index in [2.05, 4.69) is 41.5 Å². The lowest BCUT2D eigenvalue weighted by Crippen LogP contribution is -2.28. The lowest BCUT2D eigenvalue weighted by Gasteiger charge is -2.15. The number of hydrogen-bond donors (Lipinski definition) is 2. The van der Waals surface area contributed by atoms with E-state index in [0.717, 1.165) is 5.56 Å². The highest BCUT2D eigenvalue weighted by Crippen LogP contribution is 2.18. The van der Waals surface area contributed by atoms with Gasteiger partial charge in [0, 0.05) is 0 Å². The van der Waals surface area contributed by atoms with Gasteiger partial charge in [0.15, 0.2) is 0 Å². The number of rotatable bonds is 5. The summed E-state index contributed by atoms with van der Waals surface area (Å²) in [7, 11) is 0. The number of aromatic nitrogens is 3. The smallest absolute Gasteiger partial charge is 0.230 e. The predicted molar refractivity (Wildman–Crippen MR) is 88.1 cm³/mol. The van der Waals surface area contributed by atoms with Crippen molar-refractivity contribution < 1.29 is 4.79 Å². The average Bonchev–Trinajstić information content (AvgIpc) is 2.79. The van der Waals surface area contributed by atoms with E-state index in [-0.39, 0.29) is 17.7 Å². The molecule has 0 bridgehead atoms. The van der Waals surface area contributed by atoms with E-state index in [0.29, 0.717) is 11.0 Å². The van der Waals surface area contributed by atoms with Crippen LogP contribution in [0.2, 0.25) is 0 Å². The number of benzene rings is 1. The Labute approximate surface area is 134 Å². The molecule has 3 N–H and O–H groups in total. The van der Waals surface area contributed by atoms with Crippen molar-refractivity contribution in [2.75, 3.05) is 11.6 Å². The van der Waals surface area contributed by atoms with Crippen molar-refractivity contribution in [1.82, 2.24) is 20.2 Å². The third-order valence-corrected chi connectivity index (χ3v) is 4.52. The molecule has 0 spiro atoms. The Morgan fingerprint density at radius 1 is 1.32 bits per heavy atom. The molecule has 1 heterocycles. The number of nitrogens with zero attached hydrogens (tertiary/aromatic N) is 3. The summed E-state index contributed by atoms with van der Waals surface area (Å²) in [4.78, 5) is 12.0. The van der Waals surface area contributed by atoms with Crippen LogP contribution in [0.25, 0.3) is 0 Å². The first-order valence-electron chi connectivity index (χ1n) is 7.05. The van der Waals surface area contributed by atoms with Gasteiger partial charge in [0.25, 0.3) is 0 Å². The summed E-state index contributed by atoms with van der Waals surface area (Å²) in [5.41, 5.74) is 3.56. The van der Waals surface area contributed by atoms with E-state index < -0.39 is 0 Å². The highest BCUT2D eigenvalue weighted by atomic mass is 32.2. The van der Waals surface area contributed by atoms with Crippen molar-refractivity contribution in [2.24, 2.45) is 0 Å². The number of amides is 1. The van der Waals surface area contributed by atoms with Gasteiger partial charge in [-0.15, -0.1) is 10.2 Å². The zero-order valence-electron chi connectivity index (χ0n) is 13.3. The van der Waals surface area contributed by atoms with E-state index in [1.165, 1.54) is 27.6 Å². The van der Waals surface area contributed by atoms with Crippen molar-refractivity contribution in [2.45, 2.75) is 38.9 Å². The molecule has 6 nitrogen and oxygen atoms in total. The standard InChI is InChI=1S/C15H21N5OS/c1-9-5-6-13(7-10(9)2)11(3)17-14(21)8-22-15-19-18-12(4)20(15)16/h5-7,11H,8,16H2,1-4H3,(H,17,21)/t11-/m0/s1. The van der Waals surface area contributed by atoms with E-state index in [9.17, 15) is 4.79 Å². The molecule has 0 saturated heterocycles. The van der Waals surface area contributed by atoms with Crippen molar-refractivity contribution in [3.63, 3.8) is 0 Å². The highest BCUT2D eigenvalue weighted by molar-refractivity contribution is 7.99. The molecule has 1 aromatic heterocycles. The summed E-state index contributed by atoms with van der Waals surface area (Å²) in [6, 6.07) is 6.18. The molecule has 2 aromatic rings. The number of carbonyl (C=O) groups is 1. The third-order valence-electron chi connectivity index (χ3n) is 3.58. The monoisotopic (exact) mass is 319 g/mol. The maximum Gasteiger partial charge on any atom is 0.230 e. The largest absolute Gasteiger partial charge is 0.349 e. The summed E-state index contributed by atoms with van der Waals surface area (Å²) >= 11 is 1.27. The quantitative estimate of drug-likeness (QED) is 0.649. The van der Waals surface area contributed by atoms with Crippen molar-refractivity contribution >= 4 is 17.7 Å². The molecule has 0 radical (unpaired) electrons. The highest BCUT2D eigenvalue weighted by Gasteiger charge is 2.13. The molecule has 0 fully saturated rings. The lowest BCUT2D eigenvalue weighted by atomic mass is 10.0. The Bertz CT molecular complexity index is 683. The van der Waals surface area contributed by atoms with Gasteiger partial charge in [0.1, 0.15) is 5.82 Å². The maximum atomic E-state index is 12.0. The van der Waals surface area contributed by atoms with Crippen LogP contribution in [0.4, 0.5) is 0 Å². The predicted octanol–water partition coefficient (Wildman–Crippen LogP) is 1.89. The van der Waals surface area contributed by atoms with Gasteiger partial charge in [-0.2, -0.15) is 0 Å². The van der Waals surface area contributed by atoms with E-state index in [1.54, 1.807) is 6.92 Å². The Morgan fingerprint density at radius 2 is 2.05 bits per heavy atom. The number of nitrogen functional groups attached to an aromatic ring is 1. The van der Waals surface area contributed by atoms with E-state index in [4.69, 9.17) is 5.84 Å². The first-order chi connectivity index (χ1) is 10.4. The first kappa shape index (κ1) is 16.4. The summed E-state index contributed by atoms with van der Waals surface area (Å²) in [5.74, 6) is 6.56. The molecule has 2 rings (SSSR count). The van der Waals surface area contributed by atoms with Crippen LogP contribution in [-0.4, -0.2) is 26.5 Å². The Hall–Kier alpha value is -2.02. The Balaban J connectivity index is 1.91. The van der Waals surface area contributed by atoms with Crippen LogP contribution >= 0.6 is 11.8 Å². The number of carbonyl (C=O) groups excluding carboxylic acids is 1. The second-order valence-electron chi connectivity index (χ2n) is 5.32. The van der Waals surface area contributed by atoms with Crippen LogP contribution < -0.4 is 11.2 Å². The lowest BCUT2D eigenvalue weighted by molar-refractivity contribution is -0.119. The molecule has 7 heteroatoms. The topological polar surface area (TPSA) is 85.8 Å². The number of thioether (sulfide) groups is 1. The molecular weight excluding hydrogens is 298 g/mol. The van der Waals surface area contributed by atoms with Gasteiger partial charge in [0.2, 0.25) is 11.1 Å². The van der Waals surface area contributed by atoms with Crippen molar-refractivity contribution in [3.8, 4) is 0 Å². The van der Waals surface area contributed by atoms with Crippen LogP contribution in [0.3, 0.4) is 0 Å². The zero-order chi connectivity index (χ0) is 16.3. The van der Waals surface area contributed by atoms with Gasteiger partial charge in [0.05, 0.1) is 11.8 Å². The second-order valence-corrected chi connectivity index (χ2v) is 6.26. The van der Waals surface area contributed by atoms with E-state index >= 15 is 0 Å². The van der Waals surface area contributed by atoms with Crippen LogP contribution in [-0.2, 0) is 4.79 Å². The van der Waals surface area contributed by atoms with Gasteiger partial charge >= 0.3 is 0 Å². The summed E-state index contributed by atoms with van der Waals surface area (Å²) < 4.78 is 1.38. The van der Waals surface area contributed by atoms with Crippen LogP contribution in [0, 0.1) is 20.8 Å². The minimum Gasteiger partial charge on any atom is -0.349 e. The SMILES string of the molecule is Cc1ccc([C@H](C)NC(=O)CSc2nnc(C)n2N)cc1C.